The average Bonchev–Trinajstić information content (AvgIpc) is 3.17. The van der Waals surface area contributed by atoms with E-state index in [-0.39, 0.29) is 5.75 Å². The Balaban J connectivity index is 1.66. The van der Waals surface area contributed by atoms with Crippen molar-refractivity contribution in [1.82, 2.24) is 9.97 Å². The zero-order chi connectivity index (χ0) is 21.5. The number of H-pyrrole nitrogens is 1. The number of aromatic nitrogens is 2. The van der Waals surface area contributed by atoms with Gasteiger partial charge in [0.15, 0.2) is 16.7 Å². The Morgan fingerprint density at radius 3 is 2.73 bits per heavy atom. The fraction of sp³-hybridized carbons (Fsp3) is 0.524. The molecular weight excluding hydrogens is 406 g/mol. The molecule has 2 unspecified atom stereocenters. The molecule has 0 aliphatic carbocycles. The number of nitrogens with one attached hydrogen (secondary N) is 1. The molecule has 1 N–H and O–H groups in total. The van der Waals surface area contributed by atoms with E-state index in [4.69, 9.17) is 18.9 Å². The number of aliphatic imine (C=N–C) groups is 1. The standard InChI is InChI=1S/C21H29N3O5S/c1-5-15(11-26-4)12-29-14(2)8-16(22-3)13-30(25)21-23-17-9-19-20(10-18(17)24-21)28-7-6-27-19/h8-10,15H,5-7,11-13H2,1-4H3,(H,23,24)/b14-8+,22-16?. The summed E-state index contributed by atoms with van der Waals surface area (Å²) in [5, 5.41) is 0.395. The number of hydrogen-bond acceptors (Lipinski definition) is 7. The van der Waals surface area contributed by atoms with Crippen molar-refractivity contribution < 1.29 is 23.2 Å². The number of hydrogen-bond donors (Lipinski definition) is 1. The second-order valence-electron chi connectivity index (χ2n) is 7.06. The monoisotopic (exact) mass is 435 g/mol. The van der Waals surface area contributed by atoms with E-state index in [1.807, 2.05) is 19.1 Å². The van der Waals surface area contributed by atoms with Crippen LogP contribution in [0, 0.1) is 5.92 Å². The predicted molar refractivity (Wildman–Crippen MR) is 117 cm³/mol. The fourth-order valence-corrected chi connectivity index (χ4v) is 4.09. The first-order valence-electron chi connectivity index (χ1n) is 9.97. The number of rotatable bonds is 10. The number of ether oxygens (including phenoxy) is 4. The van der Waals surface area contributed by atoms with Crippen LogP contribution in [0.5, 0.6) is 11.5 Å². The van der Waals surface area contributed by atoms with E-state index in [1.54, 1.807) is 20.2 Å². The van der Waals surface area contributed by atoms with Crippen molar-refractivity contribution in [1.29, 1.82) is 0 Å². The second-order valence-corrected chi connectivity index (χ2v) is 8.42. The lowest BCUT2D eigenvalue weighted by atomic mass is 10.1. The summed E-state index contributed by atoms with van der Waals surface area (Å²) in [6.45, 7) is 6.24. The van der Waals surface area contributed by atoms with Gasteiger partial charge in [0, 0.05) is 32.2 Å². The van der Waals surface area contributed by atoms with Gasteiger partial charge in [0.05, 0.1) is 52.3 Å². The zero-order valence-corrected chi connectivity index (χ0v) is 18.7. The molecule has 0 fully saturated rings. The van der Waals surface area contributed by atoms with Crippen LogP contribution in [0.4, 0.5) is 0 Å². The Bertz CT molecular complexity index is 911. The molecule has 2 heterocycles. The summed E-state index contributed by atoms with van der Waals surface area (Å²) in [6, 6.07) is 3.63. The summed E-state index contributed by atoms with van der Waals surface area (Å²) in [5.41, 5.74) is 2.13. The molecular formula is C21H29N3O5S. The molecule has 0 amide bonds. The highest BCUT2D eigenvalue weighted by Crippen LogP contribution is 2.33. The highest BCUT2D eigenvalue weighted by molar-refractivity contribution is 7.85. The molecule has 1 aliphatic rings. The van der Waals surface area contributed by atoms with Crippen molar-refractivity contribution in [2.75, 3.05) is 46.3 Å². The molecule has 164 valence electrons. The van der Waals surface area contributed by atoms with Crippen LogP contribution in [0.15, 0.2) is 34.1 Å². The topological polar surface area (TPSA) is 95.0 Å². The Hall–Kier alpha value is -2.39. The van der Waals surface area contributed by atoms with Crippen molar-refractivity contribution in [2.24, 2.45) is 10.9 Å². The van der Waals surface area contributed by atoms with Crippen LogP contribution in [0.1, 0.15) is 20.3 Å². The number of imidazole rings is 1. The predicted octanol–water partition coefficient (Wildman–Crippen LogP) is 3.11. The summed E-state index contributed by atoms with van der Waals surface area (Å²) in [6.07, 6.45) is 2.80. The number of allylic oxidation sites excluding steroid dienone is 2. The number of nitrogens with zero attached hydrogens (tertiary/aromatic N) is 2. The van der Waals surface area contributed by atoms with Crippen LogP contribution in [0.3, 0.4) is 0 Å². The highest BCUT2D eigenvalue weighted by atomic mass is 32.2. The third-order valence-corrected chi connectivity index (χ3v) is 5.98. The Morgan fingerprint density at radius 2 is 2.07 bits per heavy atom. The van der Waals surface area contributed by atoms with Gasteiger partial charge >= 0.3 is 0 Å². The van der Waals surface area contributed by atoms with Crippen molar-refractivity contribution in [3.8, 4) is 11.5 Å². The van der Waals surface area contributed by atoms with Gasteiger partial charge in [-0.05, 0) is 19.4 Å². The van der Waals surface area contributed by atoms with Crippen molar-refractivity contribution in [3.05, 3.63) is 24.0 Å². The highest BCUT2D eigenvalue weighted by Gasteiger charge is 2.17. The molecule has 0 saturated carbocycles. The maximum absolute atomic E-state index is 12.9. The quantitative estimate of drug-likeness (QED) is 0.455. The van der Waals surface area contributed by atoms with Crippen molar-refractivity contribution in [3.63, 3.8) is 0 Å². The van der Waals surface area contributed by atoms with Gasteiger partial charge < -0.3 is 23.9 Å². The molecule has 0 spiro atoms. The van der Waals surface area contributed by atoms with Crippen LogP contribution in [-0.2, 0) is 20.3 Å². The van der Waals surface area contributed by atoms with Gasteiger partial charge in [-0.2, -0.15) is 0 Å². The first-order valence-corrected chi connectivity index (χ1v) is 11.3. The molecule has 1 aliphatic heterocycles. The number of methoxy groups -OCH3 is 1. The van der Waals surface area contributed by atoms with E-state index >= 15 is 0 Å². The lowest BCUT2D eigenvalue weighted by Crippen LogP contribution is -2.15. The first-order chi connectivity index (χ1) is 14.5. The van der Waals surface area contributed by atoms with Crippen molar-refractivity contribution in [2.45, 2.75) is 25.4 Å². The smallest absolute Gasteiger partial charge is 0.197 e. The Morgan fingerprint density at radius 1 is 1.33 bits per heavy atom. The molecule has 0 radical (unpaired) electrons. The van der Waals surface area contributed by atoms with E-state index < -0.39 is 10.8 Å². The molecule has 2 atom stereocenters. The molecule has 3 rings (SSSR count). The lowest BCUT2D eigenvalue weighted by molar-refractivity contribution is 0.0895. The number of fused-ring (bicyclic) bond motifs is 2. The maximum Gasteiger partial charge on any atom is 0.197 e. The van der Waals surface area contributed by atoms with E-state index in [0.717, 1.165) is 17.7 Å². The minimum Gasteiger partial charge on any atom is -0.498 e. The molecule has 1 aromatic heterocycles. The molecule has 2 aromatic rings. The van der Waals surface area contributed by atoms with E-state index in [1.165, 1.54) is 0 Å². The molecule has 1 aromatic carbocycles. The maximum atomic E-state index is 12.9. The van der Waals surface area contributed by atoms with Gasteiger partial charge in [-0.1, -0.05) is 6.92 Å². The number of aromatic amines is 1. The zero-order valence-electron chi connectivity index (χ0n) is 17.9. The average molecular weight is 436 g/mol. The molecule has 0 bridgehead atoms. The normalized spacial score (nSPS) is 16.5. The van der Waals surface area contributed by atoms with Crippen LogP contribution in [0.25, 0.3) is 11.0 Å². The molecule has 9 heteroatoms. The van der Waals surface area contributed by atoms with Gasteiger partial charge in [-0.25, -0.2) is 4.98 Å². The molecule has 30 heavy (non-hydrogen) atoms. The van der Waals surface area contributed by atoms with E-state index in [9.17, 15) is 4.21 Å². The van der Waals surface area contributed by atoms with Crippen LogP contribution < -0.4 is 9.47 Å². The van der Waals surface area contributed by atoms with Crippen LogP contribution >= 0.6 is 0 Å². The summed E-state index contributed by atoms with van der Waals surface area (Å²) in [7, 11) is 1.99. The van der Waals surface area contributed by atoms with Gasteiger partial charge in [-0.3, -0.25) is 9.20 Å². The summed E-state index contributed by atoms with van der Waals surface area (Å²) < 4.78 is 35.1. The minimum atomic E-state index is -1.38. The SMILES string of the molecule is CCC(COC)CO/C(C)=C/C(CS(=O)c1nc2cc3c(cc2[nH]1)OCCO3)=NC. The van der Waals surface area contributed by atoms with Crippen LogP contribution in [0.2, 0.25) is 0 Å². The third kappa shape index (κ3) is 5.60. The second kappa shape index (κ2) is 10.6. The number of benzene rings is 1. The Labute approximate surface area is 179 Å². The van der Waals surface area contributed by atoms with Crippen molar-refractivity contribution >= 4 is 27.5 Å². The summed E-state index contributed by atoms with van der Waals surface area (Å²) in [5.74, 6) is 2.62. The van der Waals surface area contributed by atoms with Gasteiger partial charge in [0.1, 0.15) is 13.2 Å². The summed E-state index contributed by atoms with van der Waals surface area (Å²) >= 11 is 0. The summed E-state index contributed by atoms with van der Waals surface area (Å²) in [4.78, 5) is 11.8. The van der Waals surface area contributed by atoms with Gasteiger partial charge in [0.25, 0.3) is 0 Å². The van der Waals surface area contributed by atoms with E-state index in [0.29, 0.717) is 60.2 Å². The van der Waals surface area contributed by atoms with E-state index in [2.05, 4.69) is 21.9 Å². The fourth-order valence-electron chi connectivity index (χ4n) is 3.05. The van der Waals surface area contributed by atoms with Gasteiger partial charge in [0.2, 0.25) is 0 Å². The molecule has 8 nitrogen and oxygen atoms in total. The first kappa shape index (κ1) is 22.3. The third-order valence-electron chi connectivity index (χ3n) is 4.80. The van der Waals surface area contributed by atoms with Gasteiger partial charge in [-0.15, -0.1) is 0 Å². The minimum absolute atomic E-state index is 0.235. The lowest BCUT2D eigenvalue weighted by Gasteiger charge is -2.17. The van der Waals surface area contributed by atoms with Crippen LogP contribution in [-0.4, -0.2) is 66.2 Å². The molecule has 0 saturated heterocycles. The Kier molecular flexibility index (Phi) is 7.87. The largest absolute Gasteiger partial charge is 0.498 e.